The lowest BCUT2D eigenvalue weighted by molar-refractivity contribution is -0.137. The average molecular weight is 227 g/mol. The Kier molecular flexibility index (Phi) is 4.72. The van der Waals surface area contributed by atoms with Gasteiger partial charge >= 0.3 is 5.97 Å². The van der Waals surface area contributed by atoms with Gasteiger partial charge in [-0.2, -0.15) is 0 Å². The van der Waals surface area contributed by atoms with Gasteiger partial charge in [0, 0.05) is 18.7 Å². The molecule has 1 aromatic rings. The Morgan fingerprint density at radius 1 is 1.50 bits per heavy atom. The predicted molar refractivity (Wildman–Crippen MR) is 57.8 cm³/mol. The number of benzene rings is 1. The molecule has 1 rings (SSSR count). The van der Waals surface area contributed by atoms with Gasteiger partial charge in [-0.1, -0.05) is 6.07 Å². The van der Waals surface area contributed by atoms with Gasteiger partial charge < -0.3 is 15.5 Å². The van der Waals surface area contributed by atoms with Crippen LogP contribution in [0.1, 0.15) is 12.8 Å². The smallest absolute Gasteiger partial charge is 0.303 e. The molecule has 0 fully saturated rings. The highest BCUT2D eigenvalue weighted by molar-refractivity contribution is 5.66. The van der Waals surface area contributed by atoms with E-state index in [0.29, 0.717) is 5.69 Å². The van der Waals surface area contributed by atoms with Crippen molar-refractivity contribution in [1.82, 2.24) is 0 Å². The summed E-state index contributed by atoms with van der Waals surface area (Å²) in [5.74, 6) is -1.30. The number of aliphatic carboxylic acids is 1. The molecule has 0 aliphatic rings. The van der Waals surface area contributed by atoms with Gasteiger partial charge in [0.1, 0.15) is 5.82 Å². The van der Waals surface area contributed by atoms with Crippen molar-refractivity contribution in [3.8, 4) is 0 Å². The van der Waals surface area contributed by atoms with Gasteiger partial charge in [0.2, 0.25) is 0 Å². The van der Waals surface area contributed by atoms with Crippen LogP contribution in [0.25, 0.3) is 0 Å². The number of carboxylic acids is 1. The highest BCUT2D eigenvalue weighted by Gasteiger charge is 2.06. The first-order chi connectivity index (χ1) is 7.58. The number of aliphatic hydroxyl groups excluding tert-OH is 1. The first-order valence-electron chi connectivity index (χ1n) is 4.97. The summed E-state index contributed by atoms with van der Waals surface area (Å²) >= 11 is 0. The molecule has 1 unspecified atom stereocenters. The first kappa shape index (κ1) is 12.4. The molecule has 0 aliphatic carbocycles. The van der Waals surface area contributed by atoms with E-state index in [2.05, 4.69) is 5.32 Å². The highest BCUT2D eigenvalue weighted by atomic mass is 19.1. The van der Waals surface area contributed by atoms with Crippen LogP contribution < -0.4 is 5.32 Å². The fourth-order valence-electron chi connectivity index (χ4n) is 1.23. The third-order valence-corrected chi connectivity index (χ3v) is 2.06. The molecule has 0 saturated heterocycles. The Balaban J connectivity index is 2.31. The SMILES string of the molecule is O=C(O)CCC(O)CNc1cccc(F)c1. The van der Waals surface area contributed by atoms with E-state index in [1.54, 1.807) is 12.1 Å². The first-order valence-corrected chi connectivity index (χ1v) is 4.97. The van der Waals surface area contributed by atoms with Crippen LogP contribution in [-0.4, -0.2) is 28.8 Å². The van der Waals surface area contributed by atoms with Crippen LogP contribution in [-0.2, 0) is 4.79 Å². The third-order valence-electron chi connectivity index (χ3n) is 2.06. The van der Waals surface area contributed by atoms with E-state index < -0.39 is 12.1 Å². The lowest BCUT2D eigenvalue weighted by atomic mass is 10.2. The molecule has 5 heteroatoms. The molecular weight excluding hydrogens is 213 g/mol. The quantitative estimate of drug-likeness (QED) is 0.688. The molecule has 0 aliphatic heterocycles. The number of hydrogen-bond donors (Lipinski definition) is 3. The van der Waals surface area contributed by atoms with Crippen LogP contribution in [0.4, 0.5) is 10.1 Å². The van der Waals surface area contributed by atoms with Crippen LogP contribution >= 0.6 is 0 Å². The molecule has 16 heavy (non-hydrogen) atoms. The largest absolute Gasteiger partial charge is 0.481 e. The molecule has 0 radical (unpaired) electrons. The minimum absolute atomic E-state index is 0.0774. The fraction of sp³-hybridized carbons (Fsp3) is 0.364. The summed E-state index contributed by atoms with van der Waals surface area (Å²) in [4.78, 5) is 10.2. The molecule has 0 aromatic heterocycles. The maximum atomic E-state index is 12.8. The summed E-state index contributed by atoms with van der Waals surface area (Å²) in [6, 6.07) is 5.87. The summed E-state index contributed by atoms with van der Waals surface area (Å²) in [6.07, 6.45) is -0.650. The van der Waals surface area contributed by atoms with Gasteiger partial charge in [0.25, 0.3) is 0 Å². The van der Waals surface area contributed by atoms with Crippen molar-refractivity contribution in [3.05, 3.63) is 30.1 Å². The van der Waals surface area contributed by atoms with E-state index in [0.717, 1.165) is 0 Å². The van der Waals surface area contributed by atoms with Gasteiger partial charge in [0.05, 0.1) is 6.10 Å². The standard InChI is InChI=1S/C11H14FNO3/c12-8-2-1-3-9(6-8)13-7-10(14)4-5-11(15)16/h1-3,6,10,13-14H,4-5,7H2,(H,15,16). The molecular formula is C11H14FNO3. The number of hydrogen-bond acceptors (Lipinski definition) is 3. The maximum absolute atomic E-state index is 12.8. The van der Waals surface area contributed by atoms with Crippen molar-refractivity contribution >= 4 is 11.7 Å². The second-order valence-electron chi connectivity index (χ2n) is 3.48. The van der Waals surface area contributed by atoms with Crippen molar-refractivity contribution in [3.63, 3.8) is 0 Å². The summed E-state index contributed by atoms with van der Waals surface area (Å²) < 4.78 is 12.8. The van der Waals surface area contributed by atoms with Gasteiger partial charge in [-0.15, -0.1) is 0 Å². The molecule has 88 valence electrons. The van der Waals surface area contributed by atoms with Crippen molar-refractivity contribution in [2.24, 2.45) is 0 Å². The maximum Gasteiger partial charge on any atom is 0.303 e. The van der Waals surface area contributed by atoms with E-state index in [1.807, 2.05) is 0 Å². The molecule has 4 nitrogen and oxygen atoms in total. The molecule has 0 amide bonds. The van der Waals surface area contributed by atoms with Crippen molar-refractivity contribution < 1.29 is 19.4 Å². The normalized spacial score (nSPS) is 12.1. The van der Waals surface area contributed by atoms with Crippen molar-refractivity contribution in [2.75, 3.05) is 11.9 Å². The second kappa shape index (κ2) is 6.07. The molecule has 0 spiro atoms. The van der Waals surface area contributed by atoms with Crippen LogP contribution in [0.2, 0.25) is 0 Å². The second-order valence-corrected chi connectivity index (χ2v) is 3.48. The summed E-state index contributed by atoms with van der Waals surface area (Å²) in [5, 5.41) is 20.6. The van der Waals surface area contributed by atoms with Gasteiger partial charge in [0.15, 0.2) is 0 Å². The Morgan fingerprint density at radius 3 is 2.88 bits per heavy atom. The number of nitrogens with one attached hydrogen (secondary N) is 1. The topological polar surface area (TPSA) is 69.6 Å². The number of carboxylic acid groups (broad SMARTS) is 1. The lowest BCUT2D eigenvalue weighted by Gasteiger charge is -2.11. The van der Waals surface area contributed by atoms with Crippen LogP contribution in [0, 0.1) is 5.82 Å². The van der Waals surface area contributed by atoms with Gasteiger partial charge in [-0.25, -0.2) is 4.39 Å². The molecule has 0 bridgehead atoms. The van der Waals surface area contributed by atoms with E-state index in [1.165, 1.54) is 12.1 Å². The third kappa shape index (κ3) is 4.75. The zero-order valence-corrected chi connectivity index (χ0v) is 8.69. The predicted octanol–water partition coefficient (Wildman–Crippen LogP) is 1.46. The van der Waals surface area contributed by atoms with E-state index in [4.69, 9.17) is 5.11 Å². The van der Waals surface area contributed by atoms with Crippen LogP contribution in [0.3, 0.4) is 0 Å². The number of halogens is 1. The number of anilines is 1. The minimum atomic E-state index is -0.940. The van der Waals surface area contributed by atoms with Crippen molar-refractivity contribution in [1.29, 1.82) is 0 Å². The zero-order chi connectivity index (χ0) is 12.0. The average Bonchev–Trinajstić information content (AvgIpc) is 2.23. The Bertz CT molecular complexity index is 357. The Hall–Kier alpha value is -1.62. The fourth-order valence-corrected chi connectivity index (χ4v) is 1.23. The van der Waals surface area contributed by atoms with Crippen LogP contribution in [0.5, 0.6) is 0 Å². The van der Waals surface area contributed by atoms with Crippen LogP contribution in [0.15, 0.2) is 24.3 Å². The molecule has 3 N–H and O–H groups in total. The number of aliphatic hydroxyl groups is 1. The van der Waals surface area contributed by atoms with E-state index in [-0.39, 0.29) is 25.2 Å². The molecule has 0 saturated carbocycles. The van der Waals surface area contributed by atoms with E-state index >= 15 is 0 Å². The van der Waals surface area contributed by atoms with Gasteiger partial charge in [-0.05, 0) is 24.6 Å². The lowest BCUT2D eigenvalue weighted by Crippen LogP contribution is -2.20. The number of rotatable bonds is 6. The monoisotopic (exact) mass is 227 g/mol. The minimum Gasteiger partial charge on any atom is -0.481 e. The molecule has 1 atom stereocenters. The zero-order valence-electron chi connectivity index (χ0n) is 8.69. The molecule has 0 heterocycles. The number of carbonyl (C=O) groups is 1. The summed E-state index contributed by atoms with van der Waals surface area (Å²) in [6.45, 7) is 0.205. The Morgan fingerprint density at radius 2 is 2.25 bits per heavy atom. The molecule has 1 aromatic carbocycles. The Labute approximate surface area is 92.7 Å². The highest BCUT2D eigenvalue weighted by Crippen LogP contribution is 2.09. The van der Waals surface area contributed by atoms with E-state index in [9.17, 15) is 14.3 Å². The summed E-state index contributed by atoms with van der Waals surface area (Å²) in [7, 11) is 0. The van der Waals surface area contributed by atoms with Gasteiger partial charge in [-0.3, -0.25) is 4.79 Å². The summed E-state index contributed by atoms with van der Waals surface area (Å²) in [5.41, 5.74) is 0.564. The van der Waals surface area contributed by atoms with Crippen molar-refractivity contribution in [2.45, 2.75) is 18.9 Å².